The van der Waals surface area contributed by atoms with Crippen LogP contribution >= 0.6 is 11.6 Å². The first kappa shape index (κ1) is 14.2. The number of fused-ring (bicyclic) bond motifs is 1. The van der Waals surface area contributed by atoms with Crippen LogP contribution in [0.3, 0.4) is 0 Å². The van der Waals surface area contributed by atoms with E-state index in [0.29, 0.717) is 11.6 Å². The Kier molecular flexibility index (Phi) is 4.27. The van der Waals surface area contributed by atoms with E-state index in [4.69, 9.17) is 16.0 Å². The van der Waals surface area contributed by atoms with Crippen molar-refractivity contribution in [3.63, 3.8) is 0 Å². The summed E-state index contributed by atoms with van der Waals surface area (Å²) < 4.78 is 7.79. The van der Waals surface area contributed by atoms with Crippen LogP contribution in [0.1, 0.15) is 24.7 Å². The van der Waals surface area contributed by atoms with Crippen molar-refractivity contribution in [3.05, 3.63) is 53.0 Å². The van der Waals surface area contributed by atoms with Gasteiger partial charge in [-0.25, -0.2) is 0 Å². The average Bonchev–Trinajstić information content (AvgIpc) is 3.04. The van der Waals surface area contributed by atoms with Gasteiger partial charge in [-0.15, -0.1) is 0 Å². The zero-order valence-corrected chi connectivity index (χ0v) is 12.7. The Bertz CT molecular complexity index is 732. The van der Waals surface area contributed by atoms with Gasteiger partial charge >= 0.3 is 0 Å². The molecule has 4 nitrogen and oxygen atoms in total. The smallest absolute Gasteiger partial charge is 0.134 e. The van der Waals surface area contributed by atoms with E-state index < -0.39 is 0 Å². The van der Waals surface area contributed by atoms with Crippen LogP contribution in [0.4, 0.5) is 0 Å². The van der Waals surface area contributed by atoms with Crippen molar-refractivity contribution in [2.75, 3.05) is 6.54 Å². The second-order valence-corrected chi connectivity index (χ2v) is 5.47. The van der Waals surface area contributed by atoms with E-state index in [0.717, 1.165) is 36.2 Å². The fourth-order valence-electron chi connectivity index (χ4n) is 2.43. The molecule has 0 aliphatic rings. The minimum Gasteiger partial charge on any atom is -0.459 e. The average molecular weight is 304 g/mol. The summed E-state index contributed by atoms with van der Waals surface area (Å²) in [5, 5.41) is 9.47. The molecular formula is C16H18ClN3O. The Hall–Kier alpha value is -1.78. The fraction of sp³-hybridized carbons (Fsp3) is 0.312. The molecule has 0 aliphatic heterocycles. The Balaban J connectivity index is 1.93. The molecule has 0 fully saturated rings. The van der Waals surface area contributed by atoms with Crippen LogP contribution in [0.2, 0.25) is 5.02 Å². The van der Waals surface area contributed by atoms with E-state index in [1.54, 1.807) is 17.1 Å². The molecule has 110 valence electrons. The SMILES string of the molecule is CCCNCc1c(Cn2cc(Cl)cn2)oc2ccccc12. The summed E-state index contributed by atoms with van der Waals surface area (Å²) in [5.41, 5.74) is 2.12. The molecule has 3 rings (SSSR count). The Morgan fingerprint density at radius 1 is 1.33 bits per heavy atom. The first-order valence-corrected chi connectivity index (χ1v) is 7.53. The first-order valence-electron chi connectivity index (χ1n) is 7.16. The zero-order chi connectivity index (χ0) is 14.7. The second-order valence-electron chi connectivity index (χ2n) is 5.03. The molecule has 0 spiro atoms. The largest absolute Gasteiger partial charge is 0.459 e. The van der Waals surface area contributed by atoms with Crippen LogP contribution in [0.5, 0.6) is 0 Å². The van der Waals surface area contributed by atoms with Gasteiger partial charge in [-0.05, 0) is 19.0 Å². The number of nitrogens with one attached hydrogen (secondary N) is 1. The van der Waals surface area contributed by atoms with Gasteiger partial charge in [0.1, 0.15) is 11.3 Å². The van der Waals surface area contributed by atoms with Gasteiger partial charge in [-0.1, -0.05) is 36.7 Å². The number of rotatable bonds is 6. The predicted octanol–water partition coefficient (Wildman–Crippen LogP) is 3.83. The van der Waals surface area contributed by atoms with Crippen molar-refractivity contribution in [2.24, 2.45) is 0 Å². The van der Waals surface area contributed by atoms with E-state index in [2.05, 4.69) is 23.4 Å². The molecule has 1 N–H and O–H groups in total. The Morgan fingerprint density at radius 2 is 2.19 bits per heavy atom. The number of aromatic nitrogens is 2. The minimum absolute atomic E-state index is 0.588. The van der Waals surface area contributed by atoms with Crippen molar-refractivity contribution in [2.45, 2.75) is 26.4 Å². The third kappa shape index (κ3) is 3.12. The summed E-state index contributed by atoms with van der Waals surface area (Å²) in [7, 11) is 0. The Labute approximate surface area is 128 Å². The van der Waals surface area contributed by atoms with Gasteiger partial charge in [-0.3, -0.25) is 4.68 Å². The number of hydrogen-bond donors (Lipinski definition) is 1. The number of nitrogens with zero attached hydrogens (tertiary/aromatic N) is 2. The van der Waals surface area contributed by atoms with E-state index in [9.17, 15) is 0 Å². The van der Waals surface area contributed by atoms with Crippen LogP contribution in [0, 0.1) is 0 Å². The monoisotopic (exact) mass is 303 g/mol. The Morgan fingerprint density at radius 3 is 2.95 bits per heavy atom. The molecular weight excluding hydrogens is 286 g/mol. The lowest BCUT2D eigenvalue weighted by molar-refractivity contribution is 0.499. The molecule has 0 bridgehead atoms. The highest BCUT2D eigenvalue weighted by molar-refractivity contribution is 6.30. The van der Waals surface area contributed by atoms with Crippen LogP contribution < -0.4 is 5.32 Å². The van der Waals surface area contributed by atoms with Crippen molar-refractivity contribution in [3.8, 4) is 0 Å². The number of hydrogen-bond acceptors (Lipinski definition) is 3. The number of benzene rings is 1. The van der Waals surface area contributed by atoms with Crippen molar-refractivity contribution < 1.29 is 4.42 Å². The number of halogens is 1. The maximum Gasteiger partial charge on any atom is 0.134 e. The molecule has 21 heavy (non-hydrogen) atoms. The van der Waals surface area contributed by atoms with Gasteiger partial charge in [-0.2, -0.15) is 5.10 Å². The molecule has 0 saturated heterocycles. The quantitative estimate of drug-likeness (QED) is 0.704. The highest BCUT2D eigenvalue weighted by atomic mass is 35.5. The maximum absolute atomic E-state index is 6.00. The highest BCUT2D eigenvalue weighted by Crippen LogP contribution is 2.26. The zero-order valence-electron chi connectivity index (χ0n) is 12.0. The van der Waals surface area contributed by atoms with Crippen LogP contribution in [-0.2, 0) is 13.1 Å². The summed E-state index contributed by atoms with van der Waals surface area (Å²) in [6, 6.07) is 8.12. The van der Waals surface area contributed by atoms with E-state index in [1.165, 1.54) is 5.56 Å². The van der Waals surface area contributed by atoms with Crippen LogP contribution in [0.25, 0.3) is 11.0 Å². The summed E-state index contributed by atoms with van der Waals surface area (Å²) in [5.74, 6) is 0.930. The molecule has 0 amide bonds. The molecule has 0 unspecified atom stereocenters. The molecule has 2 aromatic heterocycles. The molecule has 1 aromatic carbocycles. The summed E-state index contributed by atoms with van der Waals surface area (Å²) in [4.78, 5) is 0. The standard InChI is InChI=1S/C16H18ClN3O/c1-2-7-18-9-14-13-5-3-4-6-15(13)21-16(14)11-20-10-12(17)8-19-20/h3-6,8,10,18H,2,7,9,11H2,1H3. The first-order chi connectivity index (χ1) is 10.3. The van der Waals surface area contributed by atoms with E-state index >= 15 is 0 Å². The maximum atomic E-state index is 6.00. The topological polar surface area (TPSA) is 43.0 Å². The summed E-state index contributed by atoms with van der Waals surface area (Å²) in [6.07, 6.45) is 4.55. The summed E-state index contributed by atoms with van der Waals surface area (Å²) >= 11 is 5.92. The fourth-order valence-corrected chi connectivity index (χ4v) is 2.59. The van der Waals surface area contributed by atoms with Gasteiger partial charge < -0.3 is 9.73 Å². The molecule has 0 atom stereocenters. The van der Waals surface area contributed by atoms with Crippen molar-refractivity contribution in [1.29, 1.82) is 0 Å². The van der Waals surface area contributed by atoms with E-state index in [1.807, 2.05) is 18.2 Å². The summed E-state index contributed by atoms with van der Waals surface area (Å²) in [6.45, 7) is 4.54. The molecule has 0 aliphatic carbocycles. The number of furan rings is 1. The van der Waals surface area contributed by atoms with Gasteiger partial charge in [0.15, 0.2) is 0 Å². The molecule has 2 heterocycles. The van der Waals surface area contributed by atoms with Crippen molar-refractivity contribution >= 4 is 22.6 Å². The molecule has 0 saturated carbocycles. The van der Waals surface area contributed by atoms with Crippen LogP contribution in [0.15, 0.2) is 41.1 Å². The minimum atomic E-state index is 0.588. The van der Waals surface area contributed by atoms with Gasteiger partial charge in [0, 0.05) is 23.7 Å². The lowest BCUT2D eigenvalue weighted by Gasteiger charge is -2.05. The third-order valence-electron chi connectivity index (χ3n) is 3.42. The lowest BCUT2D eigenvalue weighted by atomic mass is 10.1. The van der Waals surface area contributed by atoms with Gasteiger partial charge in [0.05, 0.1) is 17.8 Å². The predicted molar refractivity (Wildman–Crippen MR) is 84.6 cm³/mol. The number of para-hydroxylation sites is 1. The normalized spacial score (nSPS) is 11.3. The third-order valence-corrected chi connectivity index (χ3v) is 3.61. The highest BCUT2D eigenvalue weighted by Gasteiger charge is 2.14. The lowest BCUT2D eigenvalue weighted by Crippen LogP contribution is -2.15. The van der Waals surface area contributed by atoms with Gasteiger partial charge in [0.2, 0.25) is 0 Å². The molecule has 5 heteroatoms. The molecule has 0 radical (unpaired) electrons. The van der Waals surface area contributed by atoms with Crippen molar-refractivity contribution in [1.82, 2.24) is 15.1 Å². The van der Waals surface area contributed by atoms with E-state index in [-0.39, 0.29) is 0 Å². The molecule has 3 aromatic rings. The van der Waals surface area contributed by atoms with Gasteiger partial charge in [0.25, 0.3) is 0 Å². The second kappa shape index (κ2) is 6.33. The van der Waals surface area contributed by atoms with Crippen LogP contribution in [-0.4, -0.2) is 16.3 Å².